The van der Waals surface area contributed by atoms with E-state index in [1.165, 1.54) is 6.33 Å². The van der Waals surface area contributed by atoms with E-state index in [2.05, 4.69) is 15.1 Å². The van der Waals surface area contributed by atoms with Gasteiger partial charge in [0.05, 0.1) is 25.1 Å². The molecule has 4 aromatic rings. The number of aromatic nitrogens is 4. The summed E-state index contributed by atoms with van der Waals surface area (Å²) in [6.07, 6.45) is 3.84. The van der Waals surface area contributed by atoms with Gasteiger partial charge in [-0.05, 0) is 30.3 Å². The Morgan fingerprint density at radius 1 is 1.03 bits per heavy atom. The molecule has 30 heavy (non-hydrogen) atoms. The molecule has 0 spiro atoms. The number of ketones is 1. The second-order valence-corrected chi connectivity index (χ2v) is 6.73. The highest BCUT2D eigenvalue weighted by Gasteiger charge is 2.17. The summed E-state index contributed by atoms with van der Waals surface area (Å²) in [6, 6.07) is 14.8. The minimum Gasteiger partial charge on any atom is -0.490 e. The van der Waals surface area contributed by atoms with Crippen LogP contribution < -0.4 is 14.2 Å². The normalized spacial score (nSPS) is 13.1. The first-order chi connectivity index (χ1) is 14.8. The molecular weight excluding hydrogens is 384 g/mol. The third-order valence-electron chi connectivity index (χ3n) is 4.74. The predicted octanol–water partition coefficient (Wildman–Crippen LogP) is 3.24. The maximum Gasteiger partial charge on any atom is 0.228 e. The summed E-state index contributed by atoms with van der Waals surface area (Å²) in [5, 5.41) is 5.02. The Labute approximate surface area is 172 Å². The van der Waals surface area contributed by atoms with Gasteiger partial charge in [0.2, 0.25) is 5.88 Å². The second-order valence-electron chi connectivity index (χ2n) is 6.73. The van der Waals surface area contributed by atoms with Crippen LogP contribution in [0.3, 0.4) is 0 Å². The van der Waals surface area contributed by atoms with Crippen molar-refractivity contribution in [2.24, 2.45) is 0 Å². The number of para-hydroxylation sites is 1. The van der Waals surface area contributed by atoms with E-state index < -0.39 is 0 Å². The highest BCUT2D eigenvalue weighted by atomic mass is 16.5. The van der Waals surface area contributed by atoms with Crippen molar-refractivity contribution in [1.29, 1.82) is 0 Å². The molecule has 0 fully saturated rings. The summed E-state index contributed by atoms with van der Waals surface area (Å²) in [4.78, 5) is 21.2. The van der Waals surface area contributed by atoms with Crippen LogP contribution in [0.25, 0.3) is 16.7 Å². The highest BCUT2D eigenvalue weighted by molar-refractivity contribution is 5.98. The topological polar surface area (TPSA) is 88.4 Å². The molecule has 1 aliphatic heterocycles. The quantitative estimate of drug-likeness (QED) is 0.474. The van der Waals surface area contributed by atoms with Crippen LogP contribution in [0.5, 0.6) is 17.4 Å². The summed E-state index contributed by atoms with van der Waals surface area (Å²) in [5.41, 5.74) is 1.97. The van der Waals surface area contributed by atoms with Crippen molar-refractivity contribution in [3.63, 3.8) is 0 Å². The van der Waals surface area contributed by atoms with Gasteiger partial charge in [-0.2, -0.15) is 5.10 Å². The minimum absolute atomic E-state index is 0.164. The summed E-state index contributed by atoms with van der Waals surface area (Å²) >= 11 is 0. The molecule has 2 aromatic carbocycles. The lowest BCUT2D eigenvalue weighted by molar-refractivity contribution is 0.0919. The zero-order valence-corrected chi connectivity index (χ0v) is 16.0. The number of rotatable bonds is 5. The van der Waals surface area contributed by atoms with Crippen molar-refractivity contribution < 1.29 is 19.0 Å². The number of nitrogens with zero attached hydrogens (tertiary/aromatic N) is 4. The smallest absolute Gasteiger partial charge is 0.228 e. The van der Waals surface area contributed by atoms with E-state index in [1.807, 2.05) is 30.3 Å². The third kappa shape index (κ3) is 3.43. The van der Waals surface area contributed by atoms with Gasteiger partial charge in [0, 0.05) is 12.0 Å². The predicted molar refractivity (Wildman–Crippen MR) is 109 cm³/mol. The van der Waals surface area contributed by atoms with Crippen molar-refractivity contribution in [2.75, 3.05) is 19.8 Å². The fourth-order valence-electron chi connectivity index (χ4n) is 3.25. The number of carbonyl (C=O) groups is 1. The van der Waals surface area contributed by atoms with Crippen LogP contribution in [0.15, 0.2) is 61.1 Å². The molecular formula is C22H18N4O4. The Bertz CT molecular complexity index is 1210. The first-order valence-electron chi connectivity index (χ1n) is 9.59. The Kier molecular flexibility index (Phi) is 4.72. The summed E-state index contributed by atoms with van der Waals surface area (Å²) < 4.78 is 18.7. The van der Waals surface area contributed by atoms with Crippen molar-refractivity contribution in [3.8, 4) is 23.1 Å². The number of hydrogen-bond acceptors (Lipinski definition) is 7. The molecule has 0 radical (unpaired) electrons. The maximum atomic E-state index is 12.7. The number of fused-ring (bicyclic) bond motifs is 2. The average Bonchev–Trinajstić information content (AvgIpc) is 3.09. The number of carbonyl (C=O) groups excluding carboxylic acids is 1. The van der Waals surface area contributed by atoms with Crippen molar-refractivity contribution in [1.82, 2.24) is 19.7 Å². The maximum absolute atomic E-state index is 12.7. The van der Waals surface area contributed by atoms with E-state index in [-0.39, 0.29) is 12.4 Å². The highest BCUT2D eigenvalue weighted by Crippen LogP contribution is 2.30. The monoisotopic (exact) mass is 402 g/mol. The number of Topliss-reactive ketones (excluding diaryl/α,β-unsaturated/α-hetero) is 1. The van der Waals surface area contributed by atoms with Gasteiger partial charge in [-0.1, -0.05) is 18.2 Å². The average molecular weight is 402 g/mol. The van der Waals surface area contributed by atoms with Crippen LogP contribution in [0.1, 0.15) is 16.8 Å². The van der Waals surface area contributed by atoms with Gasteiger partial charge in [0.25, 0.3) is 0 Å². The zero-order chi connectivity index (χ0) is 20.3. The third-order valence-corrected chi connectivity index (χ3v) is 4.74. The van der Waals surface area contributed by atoms with Gasteiger partial charge in [0.1, 0.15) is 11.7 Å². The van der Waals surface area contributed by atoms with Gasteiger partial charge in [0.15, 0.2) is 29.5 Å². The van der Waals surface area contributed by atoms with E-state index >= 15 is 0 Å². The largest absolute Gasteiger partial charge is 0.490 e. The molecule has 0 N–H and O–H groups in total. The van der Waals surface area contributed by atoms with E-state index in [1.54, 1.807) is 29.1 Å². The molecule has 0 unspecified atom stereocenters. The Balaban J connectivity index is 1.36. The number of ether oxygens (including phenoxy) is 3. The Morgan fingerprint density at radius 3 is 2.73 bits per heavy atom. The Morgan fingerprint density at radius 2 is 1.87 bits per heavy atom. The zero-order valence-electron chi connectivity index (χ0n) is 16.0. The van der Waals surface area contributed by atoms with E-state index in [4.69, 9.17) is 14.2 Å². The number of hydrogen-bond donors (Lipinski definition) is 0. The summed E-state index contributed by atoms with van der Waals surface area (Å²) in [5.74, 6) is 1.35. The molecule has 0 saturated heterocycles. The van der Waals surface area contributed by atoms with E-state index in [0.29, 0.717) is 47.2 Å². The Hall–Kier alpha value is -3.94. The SMILES string of the molecule is O=C(COc1ncnc2c1cnn2-c1ccccc1)c1ccc2c(c1)OCCCO2. The molecule has 8 heteroatoms. The fraction of sp³-hybridized carbons (Fsp3) is 0.182. The van der Waals surface area contributed by atoms with Crippen molar-refractivity contribution in [3.05, 3.63) is 66.6 Å². The van der Waals surface area contributed by atoms with Gasteiger partial charge >= 0.3 is 0 Å². The molecule has 3 heterocycles. The molecule has 0 atom stereocenters. The lowest BCUT2D eigenvalue weighted by Crippen LogP contribution is -2.12. The van der Waals surface area contributed by atoms with E-state index in [0.717, 1.165) is 12.1 Å². The molecule has 0 amide bonds. The van der Waals surface area contributed by atoms with Crippen LogP contribution in [-0.2, 0) is 0 Å². The molecule has 150 valence electrons. The molecule has 5 rings (SSSR count). The van der Waals surface area contributed by atoms with Crippen LogP contribution in [0.2, 0.25) is 0 Å². The second kappa shape index (κ2) is 7.82. The van der Waals surface area contributed by atoms with Gasteiger partial charge in [-0.15, -0.1) is 0 Å². The molecule has 1 aliphatic rings. The lowest BCUT2D eigenvalue weighted by Gasteiger charge is -2.09. The van der Waals surface area contributed by atoms with Crippen molar-refractivity contribution in [2.45, 2.75) is 6.42 Å². The standard InChI is InChI=1S/C22H18N4O4/c27-18(15-7-8-19-20(11-15)29-10-4-9-28-19)13-30-22-17-12-25-26(21(17)23-14-24-22)16-5-2-1-3-6-16/h1-3,5-8,11-12,14H,4,9-10,13H2. The first-order valence-corrected chi connectivity index (χ1v) is 9.59. The fourth-order valence-corrected chi connectivity index (χ4v) is 3.25. The van der Waals surface area contributed by atoms with Gasteiger partial charge in [-0.3, -0.25) is 4.79 Å². The minimum atomic E-state index is -0.187. The van der Waals surface area contributed by atoms with E-state index in [9.17, 15) is 4.79 Å². The molecule has 0 saturated carbocycles. The summed E-state index contributed by atoms with van der Waals surface area (Å²) in [6.45, 7) is 0.998. The van der Waals surface area contributed by atoms with Crippen LogP contribution in [-0.4, -0.2) is 45.4 Å². The van der Waals surface area contributed by atoms with Crippen LogP contribution >= 0.6 is 0 Å². The lowest BCUT2D eigenvalue weighted by atomic mass is 10.1. The molecule has 8 nitrogen and oxygen atoms in total. The number of benzene rings is 2. The molecule has 0 aliphatic carbocycles. The molecule has 0 bridgehead atoms. The van der Waals surface area contributed by atoms with Gasteiger partial charge in [-0.25, -0.2) is 14.6 Å². The summed E-state index contributed by atoms with van der Waals surface area (Å²) in [7, 11) is 0. The van der Waals surface area contributed by atoms with Crippen molar-refractivity contribution >= 4 is 16.8 Å². The molecule has 2 aromatic heterocycles. The van der Waals surface area contributed by atoms with Gasteiger partial charge < -0.3 is 14.2 Å². The van der Waals surface area contributed by atoms with Crippen LogP contribution in [0.4, 0.5) is 0 Å². The first kappa shape index (κ1) is 18.1. The van der Waals surface area contributed by atoms with Crippen LogP contribution in [0, 0.1) is 0 Å².